The summed E-state index contributed by atoms with van der Waals surface area (Å²) in [6, 6.07) is 17.3. The zero-order valence-corrected chi connectivity index (χ0v) is 9.59. The maximum absolute atomic E-state index is 11.5. The first-order valence-corrected chi connectivity index (χ1v) is 5.68. The van der Waals surface area contributed by atoms with E-state index in [4.69, 9.17) is 4.74 Å². The highest BCUT2D eigenvalue weighted by atomic mass is 16.6. The largest absolute Gasteiger partial charge is 0.417 e. The molecule has 18 heavy (non-hydrogen) atoms. The maximum atomic E-state index is 11.5. The van der Waals surface area contributed by atoms with Gasteiger partial charge in [0.1, 0.15) is 5.76 Å². The highest BCUT2D eigenvalue weighted by molar-refractivity contribution is 6.00. The number of anilines is 1. The Morgan fingerprint density at radius 1 is 0.944 bits per heavy atom. The van der Waals surface area contributed by atoms with Gasteiger partial charge in [-0.1, -0.05) is 42.5 Å². The van der Waals surface area contributed by atoms with Gasteiger partial charge in [-0.05, 0) is 23.8 Å². The summed E-state index contributed by atoms with van der Waals surface area (Å²) in [5.41, 5.74) is 2.66. The fraction of sp³-hybridized carbons (Fsp3) is 0. The topological polar surface area (TPSA) is 38.3 Å². The summed E-state index contributed by atoms with van der Waals surface area (Å²) in [7, 11) is 0. The minimum atomic E-state index is -0.448. The van der Waals surface area contributed by atoms with Crippen LogP contribution in [0.4, 0.5) is 10.5 Å². The van der Waals surface area contributed by atoms with Crippen LogP contribution in [0.3, 0.4) is 0 Å². The standard InChI is InChI=1S/C15H11NO2/c17-15-16-13-9-5-4-8-12(13)14(18-15)10-11-6-2-1-3-7-11/h1-10H,(H,16,17)/b14-10-. The van der Waals surface area contributed by atoms with E-state index < -0.39 is 6.09 Å². The van der Waals surface area contributed by atoms with Crippen molar-refractivity contribution >= 4 is 23.6 Å². The molecule has 0 saturated carbocycles. The van der Waals surface area contributed by atoms with Crippen LogP contribution in [0.15, 0.2) is 54.6 Å². The van der Waals surface area contributed by atoms with Gasteiger partial charge in [-0.15, -0.1) is 0 Å². The summed E-state index contributed by atoms with van der Waals surface area (Å²) < 4.78 is 5.23. The fourth-order valence-electron chi connectivity index (χ4n) is 1.91. The van der Waals surface area contributed by atoms with Crippen molar-refractivity contribution in [3.63, 3.8) is 0 Å². The Kier molecular flexibility index (Phi) is 2.57. The number of para-hydroxylation sites is 1. The van der Waals surface area contributed by atoms with Crippen LogP contribution in [0.1, 0.15) is 11.1 Å². The molecule has 1 N–H and O–H groups in total. The molecule has 3 rings (SSSR count). The minimum absolute atomic E-state index is 0.448. The molecule has 0 aliphatic carbocycles. The van der Waals surface area contributed by atoms with E-state index >= 15 is 0 Å². The molecule has 0 saturated heterocycles. The summed E-state index contributed by atoms with van der Waals surface area (Å²) in [6.45, 7) is 0. The third kappa shape index (κ3) is 1.98. The van der Waals surface area contributed by atoms with Crippen LogP contribution in [0, 0.1) is 0 Å². The zero-order chi connectivity index (χ0) is 12.4. The molecule has 2 aromatic rings. The Balaban J connectivity index is 2.08. The van der Waals surface area contributed by atoms with Crippen LogP contribution in [-0.2, 0) is 4.74 Å². The third-order valence-corrected chi connectivity index (χ3v) is 2.73. The second-order valence-electron chi connectivity index (χ2n) is 3.98. The molecule has 88 valence electrons. The van der Waals surface area contributed by atoms with Crippen molar-refractivity contribution in [1.29, 1.82) is 0 Å². The molecule has 2 aromatic carbocycles. The molecule has 1 aliphatic heterocycles. The van der Waals surface area contributed by atoms with Crippen LogP contribution in [0.5, 0.6) is 0 Å². The molecule has 0 atom stereocenters. The lowest BCUT2D eigenvalue weighted by Crippen LogP contribution is -2.19. The minimum Gasteiger partial charge on any atom is -0.409 e. The van der Waals surface area contributed by atoms with E-state index in [0.717, 1.165) is 16.8 Å². The van der Waals surface area contributed by atoms with E-state index in [2.05, 4.69) is 5.32 Å². The normalized spacial score (nSPS) is 15.8. The Hall–Kier alpha value is -2.55. The average Bonchev–Trinajstić information content (AvgIpc) is 2.40. The number of nitrogens with one attached hydrogen (secondary N) is 1. The van der Waals surface area contributed by atoms with Crippen molar-refractivity contribution < 1.29 is 9.53 Å². The monoisotopic (exact) mass is 237 g/mol. The van der Waals surface area contributed by atoms with Crippen LogP contribution in [0.2, 0.25) is 0 Å². The van der Waals surface area contributed by atoms with Gasteiger partial charge in [0.2, 0.25) is 0 Å². The molecular weight excluding hydrogens is 226 g/mol. The summed E-state index contributed by atoms with van der Waals surface area (Å²) >= 11 is 0. The first kappa shape index (κ1) is 10.6. The van der Waals surface area contributed by atoms with Gasteiger partial charge in [0, 0.05) is 5.56 Å². The number of fused-ring (bicyclic) bond motifs is 1. The SMILES string of the molecule is O=C1Nc2ccccc2/C(=C/c2ccccc2)O1. The first-order chi connectivity index (χ1) is 8.83. The van der Waals surface area contributed by atoms with Crippen molar-refractivity contribution in [2.45, 2.75) is 0 Å². The van der Waals surface area contributed by atoms with E-state index in [1.807, 2.05) is 60.7 Å². The van der Waals surface area contributed by atoms with Crippen molar-refractivity contribution in [3.8, 4) is 0 Å². The lowest BCUT2D eigenvalue weighted by molar-refractivity contribution is 0.206. The quantitative estimate of drug-likeness (QED) is 0.820. The number of ether oxygens (including phenoxy) is 1. The number of cyclic esters (lactones) is 1. The molecule has 0 bridgehead atoms. The zero-order valence-electron chi connectivity index (χ0n) is 9.59. The van der Waals surface area contributed by atoms with E-state index in [1.54, 1.807) is 0 Å². The number of carbonyl (C=O) groups is 1. The molecule has 0 spiro atoms. The second-order valence-corrected chi connectivity index (χ2v) is 3.98. The van der Waals surface area contributed by atoms with Gasteiger partial charge in [0.25, 0.3) is 0 Å². The molecule has 3 nitrogen and oxygen atoms in total. The molecule has 1 heterocycles. The third-order valence-electron chi connectivity index (χ3n) is 2.73. The number of hydrogen-bond donors (Lipinski definition) is 1. The second kappa shape index (κ2) is 4.37. The molecule has 3 heteroatoms. The van der Waals surface area contributed by atoms with E-state index in [0.29, 0.717) is 5.76 Å². The molecule has 0 aromatic heterocycles. The predicted octanol–water partition coefficient (Wildman–Crippen LogP) is 3.75. The number of rotatable bonds is 1. The summed E-state index contributed by atoms with van der Waals surface area (Å²) in [5.74, 6) is 0.570. The fourth-order valence-corrected chi connectivity index (χ4v) is 1.91. The average molecular weight is 237 g/mol. The molecule has 0 fully saturated rings. The van der Waals surface area contributed by atoms with Crippen LogP contribution >= 0.6 is 0 Å². The highest BCUT2D eigenvalue weighted by Crippen LogP contribution is 2.30. The Labute approximate surface area is 105 Å². The van der Waals surface area contributed by atoms with Gasteiger partial charge in [0.15, 0.2) is 0 Å². The predicted molar refractivity (Wildman–Crippen MR) is 70.9 cm³/mol. The number of carbonyl (C=O) groups excluding carboxylic acids is 1. The lowest BCUT2D eigenvalue weighted by Gasteiger charge is -2.19. The smallest absolute Gasteiger partial charge is 0.409 e. The lowest BCUT2D eigenvalue weighted by atomic mass is 10.1. The number of amides is 1. The van der Waals surface area contributed by atoms with Crippen molar-refractivity contribution in [2.75, 3.05) is 5.32 Å². The molecule has 1 aliphatic rings. The van der Waals surface area contributed by atoms with Crippen molar-refractivity contribution in [2.24, 2.45) is 0 Å². The van der Waals surface area contributed by atoms with Gasteiger partial charge in [-0.3, -0.25) is 5.32 Å². The van der Waals surface area contributed by atoms with Gasteiger partial charge in [0.05, 0.1) is 5.69 Å². The van der Waals surface area contributed by atoms with Crippen LogP contribution < -0.4 is 5.32 Å². The Bertz CT molecular complexity index is 617. The van der Waals surface area contributed by atoms with Crippen molar-refractivity contribution in [3.05, 3.63) is 65.7 Å². The van der Waals surface area contributed by atoms with Gasteiger partial charge >= 0.3 is 6.09 Å². The Morgan fingerprint density at radius 2 is 1.67 bits per heavy atom. The number of hydrogen-bond acceptors (Lipinski definition) is 2. The molecular formula is C15H11NO2. The highest BCUT2D eigenvalue weighted by Gasteiger charge is 2.20. The molecule has 0 radical (unpaired) electrons. The Morgan fingerprint density at radius 3 is 2.50 bits per heavy atom. The number of benzene rings is 2. The molecule has 1 amide bonds. The van der Waals surface area contributed by atoms with Crippen LogP contribution in [-0.4, -0.2) is 6.09 Å². The van der Waals surface area contributed by atoms with E-state index in [9.17, 15) is 4.79 Å². The van der Waals surface area contributed by atoms with Gasteiger partial charge < -0.3 is 4.74 Å². The first-order valence-electron chi connectivity index (χ1n) is 5.68. The van der Waals surface area contributed by atoms with Gasteiger partial charge in [-0.25, -0.2) is 4.79 Å². The summed E-state index contributed by atoms with van der Waals surface area (Å²) in [4.78, 5) is 11.5. The van der Waals surface area contributed by atoms with Crippen LogP contribution in [0.25, 0.3) is 11.8 Å². The van der Waals surface area contributed by atoms with E-state index in [1.165, 1.54) is 0 Å². The van der Waals surface area contributed by atoms with Gasteiger partial charge in [-0.2, -0.15) is 0 Å². The van der Waals surface area contributed by atoms with E-state index in [-0.39, 0.29) is 0 Å². The van der Waals surface area contributed by atoms with Crippen molar-refractivity contribution in [1.82, 2.24) is 0 Å². The molecule has 0 unspecified atom stereocenters. The maximum Gasteiger partial charge on any atom is 0.417 e. The summed E-state index contributed by atoms with van der Waals surface area (Å²) in [5, 5.41) is 2.67. The summed E-state index contributed by atoms with van der Waals surface area (Å²) in [6.07, 6.45) is 1.41.